The van der Waals surface area contributed by atoms with E-state index in [-0.39, 0.29) is 5.92 Å². The Labute approximate surface area is 101 Å². The van der Waals surface area contributed by atoms with Crippen molar-refractivity contribution in [2.24, 2.45) is 29.4 Å². The normalized spacial score (nSPS) is 35.6. The summed E-state index contributed by atoms with van der Waals surface area (Å²) in [6.45, 7) is 0.610. The molecule has 0 radical (unpaired) electrons. The van der Waals surface area contributed by atoms with Gasteiger partial charge in [-0.05, 0) is 50.0 Å². The third-order valence-electron chi connectivity index (χ3n) is 4.76. The maximum atomic E-state index is 13.0. The van der Waals surface area contributed by atoms with E-state index in [0.29, 0.717) is 31.2 Å². The van der Waals surface area contributed by atoms with Crippen molar-refractivity contribution in [2.75, 3.05) is 6.54 Å². The summed E-state index contributed by atoms with van der Waals surface area (Å²) in [6.07, 6.45) is 1.83. The molecule has 3 atom stereocenters. The van der Waals surface area contributed by atoms with Crippen molar-refractivity contribution in [3.8, 4) is 0 Å². The molecule has 0 aliphatic heterocycles. The molecule has 2 saturated carbocycles. The zero-order valence-corrected chi connectivity index (χ0v) is 10.2. The minimum Gasteiger partial charge on any atom is -0.330 e. The second kappa shape index (κ2) is 5.17. The van der Waals surface area contributed by atoms with Gasteiger partial charge >= 0.3 is 6.18 Å². The van der Waals surface area contributed by atoms with Gasteiger partial charge in [0.15, 0.2) is 0 Å². The average molecular weight is 249 g/mol. The highest BCUT2D eigenvalue weighted by molar-refractivity contribution is 4.90. The monoisotopic (exact) mass is 249 g/mol. The van der Waals surface area contributed by atoms with Gasteiger partial charge in [-0.2, -0.15) is 13.2 Å². The zero-order chi connectivity index (χ0) is 12.5. The lowest BCUT2D eigenvalue weighted by atomic mass is 9.62. The van der Waals surface area contributed by atoms with E-state index in [9.17, 15) is 13.2 Å². The van der Waals surface area contributed by atoms with Gasteiger partial charge in [0.25, 0.3) is 0 Å². The van der Waals surface area contributed by atoms with Crippen LogP contribution in [0.4, 0.5) is 13.2 Å². The molecule has 3 unspecified atom stereocenters. The molecule has 0 aromatic heterocycles. The van der Waals surface area contributed by atoms with E-state index in [0.717, 1.165) is 32.1 Å². The fourth-order valence-electron chi connectivity index (χ4n) is 3.59. The summed E-state index contributed by atoms with van der Waals surface area (Å²) in [5.74, 6) is -0.387. The molecule has 0 amide bonds. The molecule has 0 aromatic carbocycles. The largest absolute Gasteiger partial charge is 0.392 e. The van der Waals surface area contributed by atoms with Gasteiger partial charge in [-0.3, -0.25) is 0 Å². The van der Waals surface area contributed by atoms with Crippen LogP contribution in [0.1, 0.15) is 44.9 Å². The standard InChI is InChI=1S/C13H22F3N/c14-13(15,16)12-5-4-9(6-7-17)8-11(12)10-2-1-3-10/h9-12H,1-8,17H2. The lowest BCUT2D eigenvalue weighted by Gasteiger charge is -2.44. The number of nitrogens with two attached hydrogens (primary N) is 1. The summed E-state index contributed by atoms with van der Waals surface area (Å²) in [4.78, 5) is 0. The van der Waals surface area contributed by atoms with Crippen molar-refractivity contribution >= 4 is 0 Å². The third kappa shape index (κ3) is 2.95. The van der Waals surface area contributed by atoms with Crippen molar-refractivity contribution < 1.29 is 13.2 Å². The summed E-state index contributed by atoms with van der Waals surface area (Å²) in [7, 11) is 0. The summed E-state index contributed by atoms with van der Waals surface area (Å²) in [5.41, 5.74) is 5.53. The number of rotatable bonds is 3. The first kappa shape index (κ1) is 13.2. The van der Waals surface area contributed by atoms with Crippen molar-refractivity contribution in [1.82, 2.24) is 0 Å². The van der Waals surface area contributed by atoms with Gasteiger partial charge in [-0.15, -0.1) is 0 Å². The van der Waals surface area contributed by atoms with Crippen LogP contribution in [0.25, 0.3) is 0 Å². The van der Waals surface area contributed by atoms with Crippen molar-refractivity contribution in [2.45, 2.75) is 51.1 Å². The molecule has 4 heteroatoms. The van der Waals surface area contributed by atoms with E-state index < -0.39 is 12.1 Å². The Balaban J connectivity index is 2.01. The van der Waals surface area contributed by atoms with Gasteiger partial charge in [0.1, 0.15) is 0 Å². The minimum absolute atomic E-state index is 0.117. The second-order valence-corrected chi connectivity index (χ2v) is 5.76. The third-order valence-corrected chi connectivity index (χ3v) is 4.76. The molecular formula is C13H22F3N. The molecular weight excluding hydrogens is 227 g/mol. The van der Waals surface area contributed by atoms with Gasteiger partial charge in [-0.25, -0.2) is 0 Å². The van der Waals surface area contributed by atoms with Gasteiger partial charge in [0.05, 0.1) is 5.92 Å². The van der Waals surface area contributed by atoms with Crippen LogP contribution in [0.5, 0.6) is 0 Å². The van der Waals surface area contributed by atoms with Crippen molar-refractivity contribution in [3.63, 3.8) is 0 Å². The van der Waals surface area contributed by atoms with Crippen LogP contribution in [-0.4, -0.2) is 12.7 Å². The van der Waals surface area contributed by atoms with Crippen molar-refractivity contribution in [1.29, 1.82) is 0 Å². The molecule has 1 nitrogen and oxygen atoms in total. The van der Waals surface area contributed by atoms with Crippen LogP contribution in [0.3, 0.4) is 0 Å². The molecule has 0 spiro atoms. The molecule has 2 fully saturated rings. The zero-order valence-electron chi connectivity index (χ0n) is 10.2. The van der Waals surface area contributed by atoms with E-state index in [2.05, 4.69) is 0 Å². The first-order valence-corrected chi connectivity index (χ1v) is 6.79. The Bertz CT molecular complexity index is 248. The van der Waals surface area contributed by atoms with Crippen LogP contribution in [-0.2, 0) is 0 Å². The van der Waals surface area contributed by atoms with Gasteiger partial charge in [0.2, 0.25) is 0 Å². The fraction of sp³-hybridized carbons (Fsp3) is 1.00. The van der Waals surface area contributed by atoms with E-state index in [1.54, 1.807) is 0 Å². The lowest BCUT2D eigenvalue weighted by molar-refractivity contribution is -0.208. The summed E-state index contributed by atoms with van der Waals surface area (Å²) in [5, 5.41) is 0. The summed E-state index contributed by atoms with van der Waals surface area (Å²) >= 11 is 0. The first-order valence-electron chi connectivity index (χ1n) is 6.79. The number of hydrogen-bond donors (Lipinski definition) is 1. The van der Waals surface area contributed by atoms with Crippen LogP contribution in [0, 0.1) is 23.7 Å². The summed E-state index contributed by atoms with van der Waals surface area (Å²) < 4.78 is 39.0. The number of alkyl halides is 3. The predicted octanol–water partition coefficient (Wildman–Crippen LogP) is 3.73. The Morgan fingerprint density at radius 3 is 2.24 bits per heavy atom. The fourth-order valence-corrected chi connectivity index (χ4v) is 3.59. The SMILES string of the molecule is NCCC1CCC(C(F)(F)F)C(C2CCC2)C1. The van der Waals surface area contributed by atoms with Crippen LogP contribution >= 0.6 is 0 Å². The smallest absolute Gasteiger partial charge is 0.330 e. The van der Waals surface area contributed by atoms with Gasteiger partial charge < -0.3 is 5.73 Å². The highest BCUT2D eigenvalue weighted by Gasteiger charge is 2.50. The van der Waals surface area contributed by atoms with E-state index in [1.165, 1.54) is 0 Å². The number of hydrogen-bond acceptors (Lipinski definition) is 1. The molecule has 100 valence electrons. The maximum Gasteiger partial charge on any atom is 0.392 e. The second-order valence-electron chi connectivity index (χ2n) is 5.76. The molecule has 0 aromatic rings. The molecule has 2 N–H and O–H groups in total. The molecule has 2 aliphatic rings. The lowest BCUT2D eigenvalue weighted by Crippen LogP contribution is -2.41. The van der Waals surface area contributed by atoms with Crippen LogP contribution in [0.2, 0.25) is 0 Å². The highest BCUT2D eigenvalue weighted by atomic mass is 19.4. The van der Waals surface area contributed by atoms with Crippen molar-refractivity contribution in [3.05, 3.63) is 0 Å². The Morgan fingerprint density at radius 2 is 1.76 bits per heavy atom. The van der Waals surface area contributed by atoms with Gasteiger partial charge in [-0.1, -0.05) is 19.3 Å². The first-order chi connectivity index (χ1) is 8.02. The number of halogens is 3. The van der Waals surface area contributed by atoms with Crippen LogP contribution < -0.4 is 5.73 Å². The molecule has 17 heavy (non-hydrogen) atoms. The quantitative estimate of drug-likeness (QED) is 0.810. The van der Waals surface area contributed by atoms with E-state index in [1.807, 2.05) is 0 Å². The van der Waals surface area contributed by atoms with Gasteiger partial charge in [0, 0.05) is 0 Å². The molecule has 0 heterocycles. The summed E-state index contributed by atoms with van der Waals surface area (Å²) in [6, 6.07) is 0. The topological polar surface area (TPSA) is 26.0 Å². The van der Waals surface area contributed by atoms with E-state index in [4.69, 9.17) is 5.73 Å². The average Bonchev–Trinajstić information content (AvgIpc) is 2.13. The molecule has 0 saturated heterocycles. The maximum absolute atomic E-state index is 13.0. The molecule has 2 rings (SSSR count). The molecule has 0 bridgehead atoms. The minimum atomic E-state index is -3.99. The Morgan fingerprint density at radius 1 is 1.06 bits per heavy atom. The molecule has 2 aliphatic carbocycles. The Hall–Kier alpha value is -0.250. The van der Waals surface area contributed by atoms with E-state index >= 15 is 0 Å². The Kier molecular flexibility index (Phi) is 4.01. The van der Waals surface area contributed by atoms with Crippen LogP contribution in [0.15, 0.2) is 0 Å². The highest BCUT2D eigenvalue weighted by Crippen LogP contribution is 2.51. The predicted molar refractivity (Wildman–Crippen MR) is 61.4 cm³/mol.